The molecule has 0 saturated heterocycles. The van der Waals surface area contributed by atoms with Gasteiger partial charge in [-0.1, -0.05) is 45.1 Å². The van der Waals surface area contributed by atoms with E-state index in [-0.39, 0.29) is 10.5 Å². The predicted molar refractivity (Wildman–Crippen MR) is 94.6 cm³/mol. The monoisotopic (exact) mass is 304 g/mol. The summed E-state index contributed by atoms with van der Waals surface area (Å²) in [5, 5.41) is 0.234. The molecule has 2 heteroatoms. The minimum absolute atomic E-state index is 0.0987. The maximum Gasteiger partial charge on any atom is 0.250 e. The molecule has 118 valence electrons. The highest BCUT2D eigenvalue weighted by molar-refractivity contribution is 6.74. The van der Waals surface area contributed by atoms with Crippen LogP contribution in [0.3, 0.4) is 0 Å². The van der Waals surface area contributed by atoms with E-state index in [1.54, 1.807) is 0 Å². The van der Waals surface area contributed by atoms with Gasteiger partial charge in [0.15, 0.2) is 0 Å². The zero-order chi connectivity index (χ0) is 16.1. The number of fused-ring (bicyclic) bond motifs is 1. The van der Waals surface area contributed by atoms with Crippen molar-refractivity contribution in [1.82, 2.24) is 0 Å². The fraction of sp³-hybridized carbons (Fsp3) is 0.684. The van der Waals surface area contributed by atoms with Crippen molar-refractivity contribution in [1.29, 1.82) is 0 Å². The van der Waals surface area contributed by atoms with E-state index in [2.05, 4.69) is 72.5 Å². The van der Waals surface area contributed by atoms with Crippen LogP contribution in [0, 0.1) is 17.3 Å². The molecular formula is C19H32OSi. The first-order valence-corrected chi connectivity index (χ1v) is 11.1. The fourth-order valence-electron chi connectivity index (χ4n) is 3.13. The van der Waals surface area contributed by atoms with Crippen LogP contribution >= 0.6 is 0 Å². The van der Waals surface area contributed by atoms with Crippen molar-refractivity contribution in [3.8, 4) is 0 Å². The zero-order valence-electron chi connectivity index (χ0n) is 14.9. The van der Waals surface area contributed by atoms with E-state index in [1.807, 2.05) is 0 Å². The van der Waals surface area contributed by atoms with Gasteiger partial charge in [0, 0.05) is 11.3 Å². The van der Waals surface area contributed by atoms with Crippen LogP contribution in [-0.4, -0.2) is 8.32 Å². The molecule has 3 atom stereocenters. The van der Waals surface area contributed by atoms with Crippen LogP contribution in [0.1, 0.15) is 47.5 Å². The number of allylic oxidation sites excluding steroid dienone is 4. The molecule has 0 spiro atoms. The van der Waals surface area contributed by atoms with Gasteiger partial charge < -0.3 is 4.43 Å². The SMILES string of the molecule is C=C(C)[C@H]1C=C(O[Si](C)(C)C(C)(C)C)[C@]2(C)C=CC[C@@H]2C1. The maximum atomic E-state index is 6.75. The lowest BCUT2D eigenvalue weighted by Gasteiger charge is -2.45. The third-order valence-corrected chi connectivity index (χ3v) is 10.3. The predicted octanol–water partition coefficient (Wildman–Crippen LogP) is 6.07. The summed E-state index contributed by atoms with van der Waals surface area (Å²) in [7, 11) is -1.80. The van der Waals surface area contributed by atoms with E-state index in [4.69, 9.17) is 4.43 Å². The molecular weight excluding hydrogens is 272 g/mol. The normalized spacial score (nSPS) is 32.6. The highest BCUT2D eigenvalue weighted by Crippen LogP contribution is 2.53. The Kier molecular flexibility index (Phi) is 4.07. The van der Waals surface area contributed by atoms with Crippen molar-refractivity contribution in [2.24, 2.45) is 17.3 Å². The standard InChI is InChI=1S/C19H32OSi/c1-14(2)15-12-16-10-9-11-19(16,6)17(13-15)20-21(7,8)18(3,4)5/h9,11,13,15-16H,1,10,12H2,2-8H3/t15-,16-,19-/m1/s1. The van der Waals surface area contributed by atoms with E-state index in [0.29, 0.717) is 11.8 Å². The highest BCUT2D eigenvalue weighted by atomic mass is 28.4. The zero-order valence-corrected chi connectivity index (χ0v) is 15.9. The quantitative estimate of drug-likeness (QED) is 0.454. The Balaban J connectivity index is 2.37. The third kappa shape index (κ3) is 2.92. The van der Waals surface area contributed by atoms with Crippen LogP contribution < -0.4 is 0 Å². The van der Waals surface area contributed by atoms with Gasteiger partial charge in [0.25, 0.3) is 0 Å². The number of hydrogen-bond donors (Lipinski definition) is 0. The molecule has 0 aromatic carbocycles. The van der Waals surface area contributed by atoms with E-state index < -0.39 is 8.32 Å². The molecule has 0 N–H and O–H groups in total. The smallest absolute Gasteiger partial charge is 0.250 e. The average Bonchev–Trinajstić information content (AvgIpc) is 2.69. The molecule has 2 rings (SSSR count). The number of hydrogen-bond acceptors (Lipinski definition) is 1. The molecule has 0 aromatic rings. The molecule has 0 amide bonds. The first-order chi connectivity index (χ1) is 9.47. The summed E-state index contributed by atoms with van der Waals surface area (Å²) in [4.78, 5) is 0. The van der Waals surface area contributed by atoms with Crippen LogP contribution in [0.15, 0.2) is 36.1 Å². The summed E-state index contributed by atoms with van der Waals surface area (Å²) in [6.07, 6.45) is 9.48. The van der Waals surface area contributed by atoms with Crippen LogP contribution in [-0.2, 0) is 4.43 Å². The Morgan fingerprint density at radius 3 is 2.52 bits per heavy atom. The third-order valence-electron chi connectivity index (χ3n) is 5.96. The Morgan fingerprint density at radius 1 is 1.38 bits per heavy atom. The lowest BCUT2D eigenvalue weighted by atomic mass is 9.68. The summed E-state index contributed by atoms with van der Waals surface area (Å²) in [6, 6.07) is 0. The topological polar surface area (TPSA) is 9.23 Å². The van der Waals surface area contributed by atoms with Crippen molar-refractivity contribution in [3.05, 3.63) is 36.1 Å². The molecule has 0 aliphatic heterocycles. The van der Waals surface area contributed by atoms with Gasteiger partial charge in [-0.2, -0.15) is 0 Å². The molecule has 0 saturated carbocycles. The largest absolute Gasteiger partial charge is 0.546 e. The highest BCUT2D eigenvalue weighted by Gasteiger charge is 2.48. The molecule has 0 aromatic heterocycles. The lowest BCUT2D eigenvalue weighted by Crippen LogP contribution is -2.44. The Morgan fingerprint density at radius 2 is 2.00 bits per heavy atom. The lowest BCUT2D eigenvalue weighted by molar-refractivity contribution is 0.181. The van der Waals surface area contributed by atoms with Crippen molar-refractivity contribution < 1.29 is 4.43 Å². The van der Waals surface area contributed by atoms with Gasteiger partial charge in [0.05, 0.1) is 5.76 Å². The van der Waals surface area contributed by atoms with Gasteiger partial charge >= 0.3 is 0 Å². The molecule has 0 bridgehead atoms. The molecule has 2 aliphatic carbocycles. The van der Waals surface area contributed by atoms with Crippen LogP contribution in [0.5, 0.6) is 0 Å². The first-order valence-electron chi connectivity index (χ1n) is 8.22. The van der Waals surface area contributed by atoms with Gasteiger partial charge in [0.2, 0.25) is 8.32 Å². The van der Waals surface area contributed by atoms with E-state index in [1.165, 1.54) is 24.2 Å². The molecule has 0 fully saturated rings. The minimum atomic E-state index is -1.80. The molecule has 0 unspecified atom stereocenters. The van der Waals surface area contributed by atoms with E-state index >= 15 is 0 Å². The second kappa shape index (κ2) is 5.15. The Labute approximate surface area is 132 Å². The summed E-state index contributed by atoms with van der Waals surface area (Å²) in [5.41, 5.74) is 1.36. The van der Waals surface area contributed by atoms with Crippen LogP contribution in [0.2, 0.25) is 18.1 Å². The van der Waals surface area contributed by atoms with Gasteiger partial charge in [-0.25, -0.2) is 0 Å². The van der Waals surface area contributed by atoms with E-state index in [9.17, 15) is 0 Å². The molecule has 0 radical (unpaired) electrons. The van der Waals surface area contributed by atoms with Crippen molar-refractivity contribution in [3.63, 3.8) is 0 Å². The van der Waals surface area contributed by atoms with Gasteiger partial charge in [-0.05, 0) is 56.8 Å². The van der Waals surface area contributed by atoms with Crippen molar-refractivity contribution >= 4 is 8.32 Å². The van der Waals surface area contributed by atoms with Gasteiger partial charge in [-0.15, -0.1) is 0 Å². The second-order valence-corrected chi connectivity index (χ2v) is 13.4. The Bertz CT molecular complexity index is 492. The summed E-state index contributed by atoms with van der Waals surface area (Å²) >= 11 is 0. The van der Waals surface area contributed by atoms with Crippen molar-refractivity contribution in [2.45, 2.75) is 65.6 Å². The maximum absolute atomic E-state index is 6.75. The number of rotatable bonds is 3. The molecule has 21 heavy (non-hydrogen) atoms. The minimum Gasteiger partial charge on any atom is -0.546 e. The fourth-order valence-corrected chi connectivity index (χ4v) is 4.28. The van der Waals surface area contributed by atoms with Crippen molar-refractivity contribution in [2.75, 3.05) is 0 Å². The van der Waals surface area contributed by atoms with Gasteiger partial charge in [0.1, 0.15) is 0 Å². The molecule has 1 nitrogen and oxygen atoms in total. The summed E-state index contributed by atoms with van der Waals surface area (Å²) < 4.78 is 6.75. The van der Waals surface area contributed by atoms with Crippen LogP contribution in [0.25, 0.3) is 0 Å². The average molecular weight is 305 g/mol. The van der Waals surface area contributed by atoms with E-state index in [0.717, 1.165) is 0 Å². The summed E-state index contributed by atoms with van der Waals surface area (Å²) in [5.74, 6) is 2.36. The summed E-state index contributed by atoms with van der Waals surface area (Å²) in [6.45, 7) is 20.3. The second-order valence-electron chi connectivity index (χ2n) is 8.70. The molecule has 2 aliphatic rings. The first kappa shape index (κ1) is 16.6. The molecule has 0 heterocycles. The van der Waals surface area contributed by atoms with Crippen LogP contribution in [0.4, 0.5) is 0 Å². The van der Waals surface area contributed by atoms with Gasteiger partial charge in [-0.3, -0.25) is 0 Å². The Hall–Kier alpha value is -0.763.